The number of piperidine rings is 1. The van der Waals surface area contributed by atoms with Crippen LogP contribution in [0.1, 0.15) is 12.8 Å². The molecule has 0 saturated carbocycles. The summed E-state index contributed by atoms with van der Waals surface area (Å²) in [5.74, 6) is -0.00768. The van der Waals surface area contributed by atoms with E-state index in [4.69, 9.17) is 0 Å². The number of rotatable bonds is 3. The third kappa shape index (κ3) is 3.98. The fraction of sp³-hybridized carbons (Fsp3) is 0.385. The molecule has 1 fully saturated rings. The lowest BCUT2D eigenvalue weighted by Gasteiger charge is -2.22. The highest BCUT2D eigenvalue weighted by Crippen LogP contribution is 2.21. The van der Waals surface area contributed by atoms with Crippen molar-refractivity contribution < 1.29 is 9.18 Å². The number of hydrogen-bond acceptors (Lipinski definition) is 3. The van der Waals surface area contributed by atoms with Gasteiger partial charge in [-0.25, -0.2) is 4.39 Å². The zero-order valence-electron chi connectivity index (χ0n) is 10.6. The molecule has 1 aliphatic rings. The van der Waals surface area contributed by atoms with Crippen LogP contribution >= 0.6 is 38.8 Å². The number of anilines is 1. The van der Waals surface area contributed by atoms with Crippen molar-refractivity contribution in [3.05, 3.63) is 28.5 Å². The summed E-state index contributed by atoms with van der Waals surface area (Å²) in [6.45, 7) is 1.71. The lowest BCUT2D eigenvalue weighted by atomic mass is 9.93. The predicted molar refractivity (Wildman–Crippen MR) is 89.8 cm³/mol. The second kappa shape index (κ2) is 7.46. The minimum absolute atomic E-state index is 0.00107. The summed E-state index contributed by atoms with van der Waals surface area (Å²) in [5.41, 5.74) is 0.635. The van der Waals surface area contributed by atoms with E-state index >= 15 is 0 Å². The van der Waals surface area contributed by atoms with Gasteiger partial charge in [-0.2, -0.15) is 3.21 Å². The molecular weight excluding hydrogens is 440 g/mol. The number of Topliss-reactive ketones (excluding diaryl/α,β-unsaturated/α-hetero) is 1. The van der Waals surface area contributed by atoms with Gasteiger partial charge in [0.1, 0.15) is 5.82 Å². The Morgan fingerprint density at radius 3 is 2.75 bits per heavy atom. The van der Waals surface area contributed by atoms with E-state index in [0.717, 1.165) is 25.9 Å². The largest absolute Gasteiger partial charge is 0.337 e. The second-order valence-electron chi connectivity index (χ2n) is 4.58. The lowest BCUT2D eigenvalue weighted by molar-refractivity contribution is -0.117. The van der Waals surface area contributed by atoms with Gasteiger partial charge in [0.15, 0.2) is 5.84 Å². The van der Waals surface area contributed by atoms with E-state index in [1.165, 1.54) is 6.07 Å². The SMILES string of the molecule is O=C(C(=NI)Nc1ccc(F)c(Br)c1)C1CCNCC1. The Bertz CT molecular complexity index is 532. The summed E-state index contributed by atoms with van der Waals surface area (Å²) in [6.07, 6.45) is 1.65. The van der Waals surface area contributed by atoms with Crippen molar-refractivity contribution in [2.45, 2.75) is 12.8 Å². The standard InChI is InChI=1S/C13H14BrFIN3O/c14-10-7-9(1-2-11(10)15)18-13(19-16)12(20)8-3-5-17-6-4-8/h1-2,7-8,17H,3-6H2,(H,18,19). The Labute approximate surface area is 139 Å². The van der Waals surface area contributed by atoms with Crippen molar-refractivity contribution >= 4 is 56.1 Å². The molecule has 1 aromatic carbocycles. The summed E-state index contributed by atoms with van der Waals surface area (Å²) >= 11 is 4.93. The van der Waals surface area contributed by atoms with Crippen LogP contribution in [0.15, 0.2) is 25.9 Å². The molecule has 2 N–H and O–H groups in total. The molecular formula is C13H14BrFIN3O. The topological polar surface area (TPSA) is 53.5 Å². The molecule has 4 nitrogen and oxygen atoms in total. The van der Waals surface area contributed by atoms with Crippen molar-refractivity contribution in [1.29, 1.82) is 0 Å². The van der Waals surface area contributed by atoms with Crippen LogP contribution in [-0.4, -0.2) is 24.7 Å². The van der Waals surface area contributed by atoms with Crippen LogP contribution in [-0.2, 0) is 4.79 Å². The molecule has 2 rings (SSSR count). The van der Waals surface area contributed by atoms with Gasteiger partial charge in [0.05, 0.1) is 27.3 Å². The molecule has 7 heteroatoms. The molecule has 0 spiro atoms. The zero-order chi connectivity index (χ0) is 14.5. The van der Waals surface area contributed by atoms with Gasteiger partial charge in [-0.15, -0.1) is 0 Å². The number of amidine groups is 1. The summed E-state index contributed by atoms with van der Waals surface area (Å²) in [6, 6.07) is 4.51. The highest BCUT2D eigenvalue weighted by Gasteiger charge is 2.25. The summed E-state index contributed by atoms with van der Waals surface area (Å²) in [7, 11) is 0. The molecule has 1 aliphatic heterocycles. The van der Waals surface area contributed by atoms with Gasteiger partial charge in [0.2, 0.25) is 5.78 Å². The number of carbonyl (C=O) groups excluding carboxylic acids is 1. The minimum atomic E-state index is -0.340. The predicted octanol–water partition coefficient (Wildman–Crippen LogP) is 3.32. The molecule has 20 heavy (non-hydrogen) atoms. The first-order chi connectivity index (χ1) is 9.61. The van der Waals surface area contributed by atoms with Gasteiger partial charge in [-0.05, 0) is 60.1 Å². The summed E-state index contributed by atoms with van der Waals surface area (Å²) < 4.78 is 17.5. The fourth-order valence-electron chi connectivity index (χ4n) is 2.11. The van der Waals surface area contributed by atoms with Crippen molar-refractivity contribution in [1.82, 2.24) is 5.32 Å². The lowest BCUT2D eigenvalue weighted by Crippen LogP contribution is -2.37. The quantitative estimate of drug-likeness (QED) is 0.419. The number of nitrogens with zero attached hydrogens (tertiary/aromatic N) is 1. The molecule has 108 valence electrons. The number of carbonyl (C=O) groups is 1. The molecule has 0 aliphatic carbocycles. The number of halogens is 3. The van der Waals surface area contributed by atoms with E-state index in [-0.39, 0.29) is 17.5 Å². The zero-order valence-corrected chi connectivity index (χ0v) is 14.4. The van der Waals surface area contributed by atoms with E-state index in [1.54, 1.807) is 35.0 Å². The van der Waals surface area contributed by atoms with Gasteiger partial charge < -0.3 is 10.6 Å². The third-order valence-corrected chi connectivity index (χ3v) is 4.30. The summed E-state index contributed by atoms with van der Waals surface area (Å²) in [5, 5.41) is 6.20. The first-order valence-electron chi connectivity index (χ1n) is 6.28. The van der Waals surface area contributed by atoms with E-state index in [1.807, 2.05) is 0 Å². The van der Waals surface area contributed by atoms with E-state index in [0.29, 0.717) is 16.0 Å². The monoisotopic (exact) mass is 453 g/mol. The molecule has 0 amide bonds. The number of hydrogen-bond donors (Lipinski definition) is 2. The van der Waals surface area contributed by atoms with Crippen LogP contribution < -0.4 is 10.6 Å². The summed E-state index contributed by atoms with van der Waals surface area (Å²) in [4.78, 5) is 12.4. The van der Waals surface area contributed by atoms with Crippen LogP contribution in [0.4, 0.5) is 10.1 Å². The van der Waals surface area contributed by atoms with Crippen LogP contribution in [0.2, 0.25) is 0 Å². The first kappa shape index (κ1) is 15.8. The Hall–Kier alpha value is -0.540. The average molecular weight is 454 g/mol. The molecule has 0 unspecified atom stereocenters. The van der Waals surface area contributed by atoms with E-state index < -0.39 is 0 Å². The Balaban J connectivity index is 2.08. The van der Waals surface area contributed by atoms with Crippen LogP contribution in [0.5, 0.6) is 0 Å². The number of ketones is 1. The van der Waals surface area contributed by atoms with Crippen molar-refractivity contribution in [2.24, 2.45) is 9.12 Å². The highest BCUT2D eigenvalue weighted by molar-refractivity contribution is 14.1. The van der Waals surface area contributed by atoms with E-state index in [9.17, 15) is 9.18 Å². The Morgan fingerprint density at radius 2 is 2.15 bits per heavy atom. The fourth-order valence-corrected chi connectivity index (χ4v) is 2.85. The molecule has 0 bridgehead atoms. The van der Waals surface area contributed by atoms with Gasteiger partial charge >= 0.3 is 0 Å². The molecule has 1 saturated heterocycles. The maximum atomic E-state index is 13.2. The highest BCUT2D eigenvalue weighted by atomic mass is 127. The first-order valence-corrected chi connectivity index (χ1v) is 8.03. The van der Waals surface area contributed by atoms with Gasteiger partial charge in [0, 0.05) is 11.6 Å². The van der Waals surface area contributed by atoms with Crippen molar-refractivity contribution in [3.63, 3.8) is 0 Å². The van der Waals surface area contributed by atoms with Crippen molar-refractivity contribution in [3.8, 4) is 0 Å². The number of nitrogens with one attached hydrogen (secondary N) is 2. The third-order valence-electron chi connectivity index (χ3n) is 3.21. The molecule has 1 heterocycles. The molecule has 0 atom stereocenters. The smallest absolute Gasteiger partial charge is 0.201 e. The Morgan fingerprint density at radius 1 is 1.45 bits per heavy atom. The van der Waals surface area contributed by atoms with Gasteiger partial charge in [0.25, 0.3) is 0 Å². The van der Waals surface area contributed by atoms with Crippen molar-refractivity contribution in [2.75, 3.05) is 18.4 Å². The molecule has 0 aromatic heterocycles. The molecule has 1 aromatic rings. The number of benzene rings is 1. The maximum Gasteiger partial charge on any atom is 0.201 e. The average Bonchev–Trinajstić information content (AvgIpc) is 2.48. The van der Waals surface area contributed by atoms with E-state index in [2.05, 4.69) is 29.8 Å². The van der Waals surface area contributed by atoms with Gasteiger partial charge in [-0.1, -0.05) is 0 Å². The maximum absolute atomic E-state index is 13.2. The Kier molecular flexibility index (Phi) is 5.91. The normalized spacial score (nSPS) is 17.1. The minimum Gasteiger partial charge on any atom is -0.337 e. The van der Waals surface area contributed by atoms with Crippen LogP contribution in [0.3, 0.4) is 0 Å². The van der Waals surface area contributed by atoms with Crippen LogP contribution in [0.25, 0.3) is 0 Å². The van der Waals surface area contributed by atoms with Gasteiger partial charge in [-0.3, -0.25) is 4.79 Å². The molecule has 0 radical (unpaired) electrons. The second-order valence-corrected chi connectivity index (χ2v) is 5.91. The van der Waals surface area contributed by atoms with Crippen LogP contribution in [0, 0.1) is 11.7 Å².